The first kappa shape index (κ1) is 31.4. The molecule has 224 valence electrons. The van der Waals surface area contributed by atoms with E-state index < -0.39 is 5.60 Å². The fourth-order valence-corrected chi connectivity index (χ4v) is 6.08. The van der Waals surface area contributed by atoms with Crippen LogP contribution in [0.4, 0.5) is 4.39 Å². The first-order valence-corrected chi connectivity index (χ1v) is 15.2. The van der Waals surface area contributed by atoms with Crippen molar-refractivity contribution in [2.24, 2.45) is 0 Å². The fourth-order valence-electron chi connectivity index (χ4n) is 6.08. The predicted octanol–water partition coefficient (Wildman–Crippen LogP) is 7.55. The summed E-state index contributed by atoms with van der Waals surface area (Å²) in [5.74, 6) is -0.588. The van der Waals surface area contributed by atoms with Gasteiger partial charge in [0.15, 0.2) is 0 Å². The molecule has 1 unspecified atom stereocenters. The lowest BCUT2D eigenvalue weighted by Gasteiger charge is -2.36. The maximum atomic E-state index is 13.8. The average Bonchev–Trinajstić information content (AvgIpc) is 2.97. The number of rotatable bonds is 11. The molecule has 0 bridgehead atoms. The smallest absolute Gasteiger partial charge is 0.307 e. The topological polar surface area (TPSA) is 58.6 Å². The molecule has 3 aromatic rings. The van der Waals surface area contributed by atoms with E-state index in [1.54, 1.807) is 12.1 Å². The first-order chi connectivity index (χ1) is 20.1. The van der Waals surface area contributed by atoms with Crippen LogP contribution < -0.4 is 5.32 Å². The maximum absolute atomic E-state index is 13.8. The van der Waals surface area contributed by atoms with E-state index in [4.69, 9.17) is 4.74 Å². The zero-order valence-corrected chi connectivity index (χ0v) is 25.5. The molecule has 42 heavy (non-hydrogen) atoms. The van der Waals surface area contributed by atoms with Gasteiger partial charge >= 0.3 is 5.97 Å². The summed E-state index contributed by atoms with van der Waals surface area (Å²) in [6.07, 6.45) is 4.87. The Balaban J connectivity index is 1.32. The minimum Gasteiger partial charge on any atom is -0.460 e. The Morgan fingerprint density at radius 2 is 1.64 bits per heavy atom. The first-order valence-electron chi connectivity index (χ1n) is 15.2. The van der Waals surface area contributed by atoms with Gasteiger partial charge in [-0.3, -0.25) is 9.59 Å². The molecule has 1 fully saturated rings. The van der Waals surface area contributed by atoms with E-state index in [0.29, 0.717) is 17.5 Å². The van der Waals surface area contributed by atoms with Crippen LogP contribution in [-0.4, -0.2) is 48.1 Å². The lowest BCUT2D eigenvalue weighted by Crippen LogP contribution is -2.45. The van der Waals surface area contributed by atoms with Crippen LogP contribution in [0.2, 0.25) is 0 Å². The fraction of sp³-hybridized carbons (Fsp3) is 0.444. The summed E-state index contributed by atoms with van der Waals surface area (Å²) in [5.41, 5.74) is 2.42. The third-order valence-electron chi connectivity index (χ3n) is 8.33. The third kappa shape index (κ3) is 8.51. The van der Waals surface area contributed by atoms with Crippen molar-refractivity contribution in [3.63, 3.8) is 0 Å². The summed E-state index contributed by atoms with van der Waals surface area (Å²) in [7, 11) is 0. The van der Waals surface area contributed by atoms with Crippen LogP contribution in [-0.2, 0) is 14.9 Å². The minimum atomic E-state index is -0.505. The highest BCUT2D eigenvalue weighted by Gasteiger charge is 2.35. The van der Waals surface area contributed by atoms with Crippen molar-refractivity contribution in [3.8, 4) is 11.1 Å². The summed E-state index contributed by atoms with van der Waals surface area (Å²) >= 11 is 0. The monoisotopic (exact) mass is 572 g/mol. The number of carbonyl (C=O) groups excluding carboxylic acids is 2. The zero-order chi connectivity index (χ0) is 30.2. The average molecular weight is 573 g/mol. The van der Waals surface area contributed by atoms with E-state index in [1.165, 1.54) is 17.7 Å². The minimum absolute atomic E-state index is 0.0977. The largest absolute Gasteiger partial charge is 0.460 e. The number of nitrogens with zero attached hydrogens (tertiary/aromatic N) is 1. The van der Waals surface area contributed by atoms with Gasteiger partial charge in [-0.05, 0) is 94.3 Å². The second kappa shape index (κ2) is 14.1. The number of nitrogens with one attached hydrogen (secondary N) is 1. The molecule has 0 radical (unpaired) electrons. The van der Waals surface area contributed by atoms with Crippen LogP contribution in [0, 0.1) is 5.82 Å². The molecule has 0 aliphatic carbocycles. The van der Waals surface area contributed by atoms with Gasteiger partial charge in [-0.2, -0.15) is 0 Å². The Morgan fingerprint density at radius 3 is 2.31 bits per heavy atom. The molecule has 1 aliphatic rings. The number of amides is 1. The maximum Gasteiger partial charge on any atom is 0.307 e. The third-order valence-corrected chi connectivity index (χ3v) is 8.33. The van der Waals surface area contributed by atoms with Gasteiger partial charge in [0.25, 0.3) is 5.91 Å². The number of esters is 1. The number of benzene rings is 3. The van der Waals surface area contributed by atoms with Gasteiger partial charge in [0.2, 0.25) is 0 Å². The molecule has 1 amide bonds. The van der Waals surface area contributed by atoms with Crippen LogP contribution in [0.3, 0.4) is 0 Å². The van der Waals surface area contributed by atoms with Crippen molar-refractivity contribution < 1.29 is 18.7 Å². The predicted molar refractivity (Wildman–Crippen MR) is 167 cm³/mol. The molecule has 6 heteroatoms. The second-order valence-corrected chi connectivity index (χ2v) is 12.5. The Morgan fingerprint density at radius 1 is 0.952 bits per heavy atom. The second-order valence-electron chi connectivity index (χ2n) is 12.5. The van der Waals surface area contributed by atoms with Crippen molar-refractivity contribution in [2.75, 3.05) is 19.6 Å². The van der Waals surface area contributed by atoms with Crippen LogP contribution in [0.5, 0.6) is 0 Å². The van der Waals surface area contributed by atoms with Crippen LogP contribution >= 0.6 is 0 Å². The summed E-state index contributed by atoms with van der Waals surface area (Å²) < 4.78 is 19.6. The molecule has 5 nitrogen and oxygen atoms in total. The number of likely N-dealkylation sites (tertiary alicyclic amines) is 1. The van der Waals surface area contributed by atoms with E-state index in [0.717, 1.165) is 57.3 Å². The Hall–Kier alpha value is -3.51. The van der Waals surface area contributed by atoms with E-state index in [-0.39, 0.29) is 29.2 Å². The summed E-state index contributed by atoms with van der Waals surface area (Å²) in [6, 6.07) is 24.2. The number of hydrogen-bond donors (Lipinski definition) is 1. The highest BCUT2D eigenvalue weighted by molar-refractivity contribution is 6.01. The number of piperidine rings is 1. The SMILES string of the molecule is CCC(CCCN1CCC(NC(=O)c2ccccc2-c2cccc(F)c2)CC1)(CC(=O)OC(C)(C)C)c1ccccc1. The molecule has 4 rings (SSSR count). The zero-order valence-electron chi connectivity index (χ0n) is 25.5. The van der Waals surface area contributed by atoms with Crippen LogP contribution in [0.25, 0.3) is 11.1 Å². The van der Waals surface area contributed by atoms with Gasteiger partial charge in [-0.1, -0.05) is 67.6 Å². The molecule has 1 heterocycles. The molecular weight excluding hydrogens is 527 g/mol. The van der Waals surface area contributed by atoms with Gasteiger partial charge < -0.3 is 15.0 Å². The van der Waals surface area contributed by atoms with Gasteiger partial charge in [-0.25, -0.2) is 4.39 Å². The molecule has 1 atom stereocenters. The Labute approximate surface area is 250 Å². The molecule has 1 aliphatic heterocycles. The summed E-state index contributed by atoms with van der Waals surface area (Å²) in [5, 5.41) is 3.22. The van der Waals surface area contributed by atoms with E-state index in [9.17, 15) is 14.0 Å². The highest BCUT2D eigenvalue weighted by Crippen LogP contribution is 2.37. The molecule has 0 spiro atoms. The van der Waals surface area contributed by atoms with Gasteiger partial charge in [0, 0.05) is 30.1 Å². The number of hydrogen-bond acceptors (Lipinski definition) is 4. The lowest BCUT2D eigenvalue weighted by molar-refractivity contribution is -0.156. The van der Waals surface area contributed by atoms with E-state index >= 15 is 0 Å². The summed E-state index contributed by atoms with van der Waals surface area (Å²) in [4.78, 5) is 28.6. The standard InChI is InChI=1S/C36H45FN2O3/c1-5-36(28-14-7-6-8-15-28,26-33(40)42-35(2,3)4)21-12-22-39-23-19-30(20-24-39)38-34(41)32-18-10-9-17-31(32)27-13-11-16-29(37)25-27/h6-11,13-18,25,30H,5,12,19-24,26H2,1-4H3,(H,38,41). The van der Waals surface area contributed by atoms with Crippen molar-refractivity contribution in [2.45, 2.75) is 83.3 Å². The van der Waals surface area contributed by atoms with E-state index in [1.807, 2.05) is 63.2 Å². The Kier molecular flexibility index (Phi) is 10.6. The molecule has 0 aromatic heterocycles. The van der Waals surface area contributed by atoms with Gasteiger partial charge in [0.1, 0.15) is 11.4 Å². The number of ether oxygens (including phenoxy) is 1. The van der Waals surface area contributed by atoms with E-state index in [2.05, 4.69) is 29.3 Å². The molecule has 1 N–H and O–H groups in total. The molecule has 0 saturated carbocycles. The van der Waals surface area contributed by atoms with Crippen molar-refractivity contribution in [1.82, 2.24) is 10.2 Å². The van der Waals surface area contributed by atoms with Crippen LogP contribution in [0.15, 0.2) is 78.9 Å². The summed E-state index contributed by atoms with van der Waals surface area (Å²) in [6.45, 7) is 10.7. The normalized spacial score (nSPS) is 16.0. The molecule has 3 aromatic carbocycles. The highest BCUT2D eigenvalue weighted by atomic mass is 19.1. The quantitative estimate of drug-likeness (QED) is 0.241. The lowest BCUT2D eigenvalue weighted by atomic mass is 9.72. The van der Waals surface area contributed by atoms with Crippen molar-refractivity contribution >= 4 is 11.9 Å². The van der Waals surface area contributed by atoms with Crippen LogP contribution in [0.1, 0.15) is 82.1 Å². The molecule has 1 saturated heterocycles. The van der Waals surface area contributed by atoms with Crippen molar-refractivity contribution in [3.05, 3.63) is 95.8 Å². The van der Waals surface area contributed by atoms with Crippen molar-refractivity contribution in [1.29, 1.82) is 0 Å². The van der Waals surface area contributed by atoms with Gasteiger partial charge in [-0.15, -0.1) is 0 Å². The Bertz CT molecular complexity index is 1330. The van der Waals surface area contributed by atoms with Gasteiger partial charge in [0.05, 0.1) is 6.42 Å². The number of carbonyl (C=O) groups is 2. The molecular formula is C36H45FN2O3. The number of halogens is 1.